The Balaban J connectivity index is 3.25. The second-order valence-electron chi connectivity index (χ2n) is 1.37. The second-order valence-corrected chi connectivity index (χ2v) is 2.28. The lowest BCUT2D eigenvalue weighted by atomic mass is 10.9. The molecule has 0 aromatic rings. The van der Waals surface area contributed by atoms with E-state index in [-0.39, 0.29) is 0 Å². The molecule has 0 aliphatic carbocycles. The molecule has 1 amide bonds. The summed E-state index contributed by atoms with van der Waals surface area (Å²) in [6.07, 6.45) is 2.92. The molecule has 0 atom stereocenters. The van der Waals surface area contributed by atoms with Gasteiger partial charge in [-0.15, -0.1) is 0 Å². The van der Waals surface area contributed by atoms with Gasteiger partial charge in [0.2, 0.25) is 0 Å². The largest absolute Gasteiger partial charge is 0.433 e. The molecule has 0 rings (SSSR count). The molecule has 10 heavy (non-hydrogen) atoms. The summed E-state index contributed by atoms with van der Waals surface area (Å²) in [5.74, 6) is 0.747. The molecule has 0 aliphatic rings. The van der Waals surface area contributed by atoms with Crippen LogP contribution in [0.15, 0.2) is 5.16 Å². The molecule has 0 aromatic heterocycles. The second kappa shape index (κ2) is 6.41. The minimum atomic E-state index is -0.544. The Labute approximate surface area is 64.0 Å². The highest BCUT2D eigenvalue weighted by Crippen LogP contribution is 1.86. The predicted octanol–water partition coefficient (Wildman–Crippen LogP) is 0.691. The van der Waals surface area contributed by atoms with Crippen molar-refractivity contribution in [2.45, 2.75) is 0 Å². The third-order valence-corrected chi connectivity index (χ3v) is 1.14. The molecule has 0 spiro atoms. The number of carbonyl (C=O) groups excluding carboxylic acids is 1. The van der Waals surface area contributed by atoms with Crippen molar-refractivity contribution in [2.24, 2.45) is 5.16 Å². The molecular formula is C5H10N2O2S. The average molecular weight is 162 g/mol. The molecule has 0 saturated heterocycles. The Kier molecular flexibility index (Phi) is 5.96. The topological polar surface area (TPSA) is 50.7 Å². The minimum Gasteiger partial charge on any atom is -0.323 e. The van der Waals surface area contributed by atoms with Crippen LogP contribution in [0.1, 0.15) is 0 Å². The van der Waals surface area contributed by atoms with Gasteiger partial charge in [-0.1, -0.05) is 5.16 Å². The summed E-state index contributed by atoms with van der Waals surface area (Å²) < 4.78 is 0. The van der Waals surface area contributed by atoms with Crippen LogP contribution in [0, 0.1) is 0 Å². The van der Waals surface area contributed by atoms with Crippen molar-refractivity contribution < 1.29 is 9.63 Å². The number of oxime groups is 1. The van der Waals surface area contributed by atoms with E-state index in [0.717, 1.165) is 5.75 Å². The molecule has 0 aliphatic heterocycles. The van der Waals surface area contributed by atoms with Crippen molar-refractivity contribution in [2.75, 3.05) is 19.1 Å². The summed E-state index contributed by atoms with van der Waals surface area (Å²) >= 11 is 1.60. The lowest BCUT2D eigenvalue weighted by molar-refractivity contribution is 0.153. The maximum Gasteiger partial charge on any atom is 0.433 e. The van der Waals surface area contributed by atoms with Crippen molar-refractivity contribution >= 4 is 24.1 Å². The monoisotopic (exact) mass is 162 g/mol. The van der Waals surface area contributed by atoms with E-state index in [4.69, 9.17) is 0 Å². The SMILES string of the molecule is CNC(=O)O/N=C/CSC. The van der Waals surface area contributed by atoms with Gasteiger partial charge in [-0.05, 0) is 6.26 Å². The van der Waals surface area contributed by atoms with Gasteiger partial charge >= 0.3 is 6.09 Å². The van der Waals surface area contributed by atoms with Crippen LogP contribution in [0.3, 0.4) is 0 Å². The van der Waals surface area contributed by atoms with Gasteiger partial charge in [0.05, 0.1) is 6.21 Å². The highest BCUT2D eigenvalue weighted by Gasteiger charge is 1.91. The van der Waals surface area contributed by atoms with Gasteiger partial charge in [0.15, 0.2) is 0 Å². The molecule has 0 aromatic carbocycles. The van der Waals surface area contributed by atoms with E-state index < -0.39 is 6.09 Å². The zero-order valence-electron chi connectivity index (χ0n) is 5.96. The van der Waals surface area contributed by atoms with E-state index in [9.17, 15) is 4.79 Å². The first kappa shape index (κ1) is 9.29. The van der Waals surface area contributed by atoms with Gasteiger partial charge in [0, 0.05) is 12.8 Å². The zero-order chi connectivity index (χ0) is 7.82. The smallest absolute Gasteiger partial charge is 0.323 e. The lowest BCUT2D eigenvalue weighted by Crippen LogP contribution is -2.16. The van der Waals surface area contributed by atoms with Crippen molar-refractivity contribution in [3.8, 4) is 0 Å². The standard InChI is InChI=1S/C5H10N2O2S/c1-6-5(8)9-7-3-4-10-2/h3H,4H2,1-2H3,(H,6,8)/b7-3+. The highest BCUT2D eigenvalue weighted by molar-refractivity contribution is 7.99. The van der Waals surface area contributed by atoms with Gasteiger partial charge in [0.25, 0.3) is 0 Å². The summed E-state index contributed by atoms with van der Waals surface area (Å²) in [6.45, 7) is 0. The predicted molar refractivity (Wildman–Crippen MR) is 42.4 cm³/mol. The maximum absolute atomic E-state index is 10.3. The van der Waals surface area contributed by atoms with Crippen molar-refractivity contribution in [3.63, 3.8) is 0 Å². The molecular weight excluding hydrogens is 152 g/mol. The van der Waals surface area contributed by atoms with Crippen LogP contribution in [-0.4, -0.2) is 31.4 Å². The Hall–Kier alpha value is -0.710. The Morgan fingerprint density at radius 1 is 1.90 bits per heavy atom. The van der Waals surface area contributed by atoms with Crippen LogP contribution in [0.4, 0.5) is 4.79 Å². The van der Waals surface area contributed by atoms with E-state index in [2.05, 4.69) is 15.3 Å². The number of thioether (sulfide) groups is 1. The van der Waals surface area contributed by atoms with Crippen LogP contribution < -0.4 is 5.32 Å². The molecule has 58 valence electrons. The quantitative estimate of drug-likeness (QED) is 0.377. The minimum absolute atomic E-state index is 0.544. The number of rotatable bonds is 3. The van der Waals surface area contributed by atoms with Gasteiger partial charge in [-0.2, -0.15) is 11.8 Å². The number of hydrogen-bond acceptors (Lipinski definition) is 4. The maximum atomic E-state index is 10.3. The summed E-state index contributed by atoms with van der Waals surface area (Å²) in [7, 11) is 1.48. The molecule has 0 heterocycles. The lowest BCUT2D eigenvalue weighted by Gasteiger charge is -1.92. The Morgan fingerprint density at radius 3 is 3.10 bits per heavy atom. The fourth-order valence-corrected chi connectivity index (χ4v) is 0.446. The molecule has 0 unspecified atom stereocenters. The summed E-state index contributed by atoms with van der Waals surface area (Å²) in [5, 5.41) is 5.63. The molecule has 0 saturated carbocycles. The third kappa shape index (κ3) is 5.43. The van der Waals surface area contributed by atoms with E-state index in [0.29, 0.717) is 0 Å². The summed E-state index contributed by atoms with van der Waals surface area (Å²) in [4.78, 5) is 14.6. The normalized spacial score (nSPS) is 9.80. The Morgan fingerprint density at radius 2 is 2.60 bits per heavy atom. The van der Waals surface area contributed by atoms with Crippen LogP contribution in [0.2, 0.25) is 0 Å². The Bertz CT molecular complexity index is 127. The van der Waals surface area contributed by atoms with Crippen LogP contribution in [0.25, 0.3) is 0 Å². The fourth-order valence-electron chi connectivity index (χ4n) is 0.236. The first-order valence-corrected chi connectivity index (χ1v) is 4.10. The van der Waals surface area contributed by atoms with Crippen molar-refractivity contribution in [1.29, 1.82) is 0 Å². The van der Waals surface area contributed by atoms with Gasteiger partial charge in [0.1, 0.15) is 0 Å². The average Bonchev–Trinajstić information content (AvgIpc) is 1.98. The molecule has 4 nitrogen and oxygen atoms in total. The van der Waals surface area contributed by atoms with E-state index in [1.165, 1.54) is 13.3 Å². The van der Waals surface area contributed by atoms with Crippen LogP contribution in [-0.2, 0) is 4.84 Å². The fraction of sp³-hybridized carbons (Fsp3) is 0.600. The number of hydrogen-bond donors (Lipinski definition) is 1. The summed E-state index contributed by atoms with van der Waals surface area (Å²) in [6, 6.07) is 0. The van der Waals surface area contributed by atoms with Crippen LogP contribution in [0.5, 0.6) is 0 Å². The molecule has 0 bridgehead atoms. The zero-order valence-corrected chi connectivity index (χ0v) is 6.77. The molecule has 0 radical (unpaired) electrons. The van der Waals surface area contributed by atoms with Gasteiger partial charge in [-0.25, -0.2) is 4.79 Å². The summed E-state index contributed by atoms with van der Waals surface area (Å²) in [5.41, 5.74) is 0. The molecule has 1 N–H and O–H groups in total. The molecule has 5 heteroatoms. The van der Waals surface area contributed by atoms with E-state index in [1.807, 2.05) is 6.26 Å². The number of amides is 1. The first-order chi connectivity index (χ1) is 4.81. The van der Waals surface area contributed by atoms with Gasteiger partial charge < -0.3 is 5.32 Å². The van der Waals surface area contributed by atoms with E-state index >= 15 is 0 Å². The van der Waals surface area contributed by atoms with Crippen molar-refractivity contribution in [3.05, 3.63) is 0 Å². The highest BCUT2D eigenvalue weighted by atomic mass is 32.2. The van der Waals surface area contributed by atoms with E-state index in [1.54, 1.807) is 11.8 Å². The number of nitrogens with zero attached hydrogens (tertiary/aromatic N) is 1. The van der Waals surface area contributed by atoms with Crippen molar-refractivity contribution in [1.82, 2.24) is 5.32 Å². The van der Waals surface area contributed by atoms with Crippen LogP contribution >= 0.6 is 11.8 Å². The first-order valence-electron chi connectivity index (χ1n) is 2.70. The number of carbonyl (C=O) groups is 1. The molecule has 0 fully saturated rings. The third-order valence-electron chi connectivity index (χ3n) is 0.655. The number of nitrogens with one attached hydrogen (secondary N) is 1. The van der Waals surface area contributed by atoms with Gasteiger partial charge in [-0.3, -0.25) is 4.84 Å².